The molecule has 4 rings (SSSR count). The normalized spacial score (nSPS) is 15.2. The van der Waals surface area contributed by atoms with Gasteiger partial charge in [0.25, 0.3) is 11.1 Å². The van der Waals surface area contributed by atoms with Crippen LogP contribution in [0.4, 0.5) is 4.79 Å². The zero-order valence-corrected chi connectivity index (χ0v) is 16.9. The summed E-state index contributed by atoms with van der Waals surface area (Å²) < 4.78 is 5.74. The predicted molar refractivity (Wildman–Crippen MR) is 114 cm³/mol. The number of nitrogens with zero attached hydrogens (tertiary/aromatic N) is 1. The van der Waals surface area contributed by atoms with Crippen LogP contribution in [-0.2, 0) is 11.3 Å². The molecule has 1 N–H and O–H groups in total. The van der Waals surface area contributed by atoms with Crippen molar-refractivity contribution < 1.29 is 23.9 Å². The number of imide groups is 1. The summed E-state index contributed by atoms with van der Waals surface area (Å²) in [5, 5.41) is 9.00. The average molecular weight is 440 g/mol. The zero-order valence-electron chi connectivity index (χ0n) is 15.4. The third-order valence-electron chi connectivity index (χ3n) is 4.44. The SMILES string of the molecule is O=C(O)c1cc(-c2ccc(C=C3SC(=O)N(Cc4ccccc4)C3=O)o2)ccc1Cl. The highest BCUT2D eigenvalue weighted by atomic mass is 35.5. The van der Waals surface area contributed by atoms with Crippen molar-refractivity contribution in [2.45, 2.75) is 6.54 Å². The van der Waals surface area contributed by atoms with Gasteiger partial charge in [-0.1, -0.05) is 41.9 Å². The summed E-state index contributed by atoms with van der Waals surface area (Å²) in [7, 11) is 0. The van der Waals surface area contributed by atoms with Gasteiger partial charge in [-0.25, -0.2) is 4.79 Å². The first-order valence-electron chi connectivity index (χ1n) is 8.85. The minimum atomic E-state index is -1.14. The summed E-state index contributed by atoms with van der Waals surface area (Å²) in [6, 6.07) is 17.1. The van der Waals surface area contributed by atoms with E-state index in [0.29, 0.717) is 17.1 Å². The lowest BCUT2D eigenvalue weighted by Gasteiger charge is -2.11. The third kappa shape index (κ3) is 4.03. The van der Waals surface area contributed by atoms with Crippen LogP contribution in [0.15, 0.2) is 70.0 Å². The molecule has 1 aromatic heterocycles. The van der Waals surface area contributed by atoms with Crippen molar-refractivity contribution in [1.82, 2.24) is 4.90 Å². The number of halogens is 1. The number of aromatic carboxylic acids is 1. The van der Waals surface area contributed by atoms with E-state index < -0.39 is 5.97 Å². The van der Waals surface area contributed by atoms with Gasteiger partial charge < -0.3 is 9.52 Å². The lowest BCUT2D eigenvalue weighted by molar-refractivity contribution is -0.123. The van der Waals surface area contributed by atoms with Crippen LogP contribution in [0.5, 0.6) is 0 Å². The Morgan fingerprint density at radius 3 is 2.60 bits per heavy atom. The molecular weight excluding hydrogens is 426 g/mol. The number of hydrogen-bond acceptors (Lipinski definition) is 5. The second-order valence-electron chi connectivity index (χ2n) is 6.46. The highest BCUT2D eigenvalue weighted by Gasteiger charge is 2.35. The largest absolute Gasteiger partial charge is 0.478 e. The molecule has 0 bridgehead atoms. The van der Waals surface area contributed by atoms with E-state index in [1.54, 1.807) is 18.2 Å². The van der Waals surface area contributed by atoms with E-state index in [9.17, 15) is 19.5 Å². The van der Waals surface area contributed by atoms with Gasteiger partial charge in [-0.3, -0.25) is 14.5 Å². The van der Waals surface area contributed by atoms with Crippen LogP contribution in [-0.4, -0.2) is 27.1 Å². The Morgan fingerprint density at radius 1 is 1.10 bits per heavy atom. The molecule has 0 unspecified atom stereocenters. The molecule has 0 atom stereocenters. The first kappa shape index (κ1) is 20.0. The van der Waals surface area contributed by atoms with Crippen molar-refractivity contribution in [3.8, 4) is 11.3 Å². The lowest BCUT2D eigenvalue weighted by atomic mass is 10.1. The molecule has 30 heavy (non-hydrogen) atoms. The number of amides is 2. The summed E-state index contributed by atoms with van der Waals surface area (Å²) in [5.74, 6) is -0.724. The third-order valence-corrected chi connectivity index (χ3v) is 5.68. The quantitative estimate of drug-likeness (QED) is 0.525. The van der Waals surface area contributed by atoms with Crippen molar-refractivity contribution in [2.75, 3.05) is 0 Å². The Labute approximate surface area is 180 Å². The fourth-order valence-electron chi connectivity index (χ4n) is 2.96. The summed E-state index contributed by atoms with van der Waals surface area (Å²) in [5.41, 5.74) is 1.36. The summed E-state index contributed by atoms with van der Waals surface area (Å²) in [6.45, 7) is 0.203. The van der Waals surface area contributed by atoms with Crippen molar-refractivity contribution in [1.29, 1.82) is 0 Å². The Bertz CT molecular complexity index is 1190. The molecule has 2 amide bonds. The summed E-state index contributed by atoms with van der Waals surface area (Å²) in [4.78, 5) is 37.7. The van der Waals surface area contributed by atoms with Crippen LogP contribution < -0.4 is 0 Å². The van der Waals surface area contributed by atoms with Gasteiger partial charge in [0.2, 0.25) is 0 Å². The van der Waals surface area contributed by atoms with E-state index in [1.807, 2.05) is 30.3 Å². The number of furan rings is 1. The van der Waals surface area contributed by atoms with Crippen molar-refractivity contribution >= 4 is 46.6 Å². The van der Waals surface area contributed by atoms with Gasteiger partial charge in [-0.05, 0) is 47.7 Å². The Balaban J connectivity index is 1.56. The molecule has 0 aliphatic carbocycles. The van der Waals surface area contributed by atoms with Gasteiger partial charge in [-0.2, -0.15) is 0 Å². The fraction of sp³-hybridized carbons (Fsp3) is 0.0455. The Morgan fingerprint density at radius 2 is 1.87 bits per heavy atom. The molecule has 0 spiro atoms. The molecule has 1 aliphatic rings. The maximum absolute atomic E-state index is 12.7. The molecule has 1 aliphatic heterocycles. The van der Waals surface area contributed by atoms with Crippen LogP contribution in [0.3, 0.4) is 0 Å². The van der Waals surface area contributed by atoms with Crippen molar-refractivity contribution in [3.05, 3.63) is 87.5 Å². The molecule has 8 heteroatoms. The van der Waals surface area contributed by atoms with Gasteiger partial charge in [0.05, 0.1) is 22.0 Å². The number of carbonyl (C=O) groups is 3. The molecule has 0 saturated carbocycles. The van der Waals surface area contributed by atoms with Gasteiger partial charge in [0.15, 0.2) is 0 Å². The topological polar surface area (TPSA) is 87.8 Å². The first-order chi connectivity index (χ1) is 14.4. The second-order valence-corrected chi connectivity index (χ2v) is 7.86. The predicted octanol–water partition coefficient (Wildman–Crippen LogP) is 5.53. The van der Waals surface area contributed by atoms with Gasteiger partial charge >= 0.3 is 5.97 Å². The van der Waals surface area contributed by atoms with Gasteiger partial charge in [-0.15, -0.1) is 0 Å². The standard InChI is InChI=1S/C22H14ClNO5S/c23-17-8-6-14(10-16(17)21(26)27)18-9-7-15(29-18)11-19-20(25)24(22(28)30-19)12-13-4-2-1-3-5-13/h1-11H,12H2,(H,26,27). The van der Waals surface area contributed by atoms with Gasteiger partial charge in [0, 0.05) is 11.6 Å². The zero-order chi connectivity index (χ0) is 21.3. The van der Waals surface area contributed by atoms with Crippen molar-refractivity contribution in [3.63, 3.8) is 0 Å². The highest BCUT2D eigenvalue weighted by Crippen LogP contribution is 2.34. The maximum Gasteiger partial charge on any atom is 0.337 e. The van der Waals surface area contributed by atoms with Crippen LogP contribution >= 0.6 is 23.4 Å². The fourth-order valence-corrected chi connectivity index (χ4v) is 3.98. The van der Waals surface area contributed by atoms with Crippen LogP contribution in [0.1, 0.15) is 21.7 Å². The molecule has 1 fully saturated rings. The summed E-state index contributed by atoms with van der Waals surface area (Å²) in [6.07, 6.45) is 1.51. The van der Waals surface area contributed by atoms with Gasteiger partial charge in [0.1, 0.15) is 11.5 Å². The molecular formula is C22H14ClNO5S. The Hall–Kier alpha value is -3.29. The Kier molecular flexibility index (Phi) is 5.48. The minimum Gasteiger partial charge on any atom is -0.478 e. The average Bonchev–Trinajstić information content (AvgIpc) is 3.29. The number of carboxylic acids is 1. The van der Waals surface area contributed by atoms with E-state index in [1.165, 1.54) is 23.1 Å². The number of benzene rings is 2. The number of thioether (sulfide) groups is 1. The minimum absolute atomic E-state index is 0.0332. The van der Waals surface area contributed by atoms with Crippen LogP contribution in [0, 0.1) is 0 Å². The monoisotopic (exact) mass is 439 g/mol. The number of hydrogen-bond donors (Lipinski definition) is 1. The molecule has 6 nitrogen and oxygen atoms in total. The van der Waals surface area contributed by atoms with E-state index in [4.69, 9.17) is 16.0 Å². The maximum atomic E-state index is 12.7. The molecule has 1 saturated heterocycles. The molecule has 2 heterocycles. The van der Waals surface area contributed by atoms with E-state index in [-0.39, 0.29) is 33.2 Å². The van der Waals surface area contributed by atoms with E-state index in [0.717, 1.165) is 17.3 Å². The van der Waals surface area contributed by atoms with Crippen LogP contribution in [0.25, 0.3) is 17.4 Å². The molecule has 2 aromatic carbocycles. The molecule has 150 valence electrons. The molecule has 0 radical (unpaired) electrons. The second kappa shape index (κ2) is 8.22. The summed E-state index contributed by atoms with van der Waals surface area (Å²) >= 11 is 6.75. The number of carbonyl (C=O) groups excluding carboxylic acids is 2. The molecule has 3 aromatic rings. The number of carboxylic acid groups (broad SMARTS) is 1. The number of rotatable bonds is 5. The lowest BCUT2D eigenvalue weighted by Crippen LogP contribution is -2.27. The van der Waals surface area contributed by atoms with Crippen LogP contribution in [0.2, 0.25) is 5.02 Å². The van der Waals surface area contributed by atoms with E-state index in [2.05, 4.69) is 0 Å². The smallest absolute Gasteiger partial charge is 0.337 e. The first-order valence-corrected chi connectivity index (χ1v) is 10.0. The van der Waals surface area contributed by atoms with Crippen molar-refractivity contribution in [2.24, 2.45) is 0 Å². The van der Waals surface area contributed by atoms with E-state index >= 15 is 0 Å². The highest BCUT2D eigenvalue weighted by molar-refractivity contribution is 8.18.